The number of likely N-dealkylation sites (tertiary alicyclic amines) is 1. The fraction of sp³-hybridized carbons (Fsp3) is 0.583. The highest BCUT2D eigenvalue weighted by atomic mass is 79.9. The van der Waals surface area contributed by atoms with E-state index >= 15 is 0 Å². The number of rotatable bonds is 2. The first-order valence-corrected chi connectivity index (χ1v) is 8.34. The smallest absolute Gasteiger partial charge is 0.254 e. The lowest BCUT2D eigenvalue weighted by Gasteiger charge is -2.33. The number of amides is 1. The lowest BCUT2D eigenvalue weighted by atomic mass is 9.94. The summed E-state index contributed by atoms with van der Waals surface area (Å²) < 4.78 is 1.02. The lowest BCUT2D eigenvalue weighted by molar-refractivity contribution is 0.0692. The van der Waals surface area contributed by atoms with Crippen LogP contribution in [0.5, 0.6) is 0 Å². The monoisotopic (exact) mass is 379 g/mol. The van der Waals surface area contributed by atoms with E-state index in [4.69, 9.17) is 0 Å². The van der Waals surface area contributed by atoms with Crippen LogP contribution < -0.4 is 0 Å². The molecule has 0 aromatic carbocycles. The molecule has 1 aromatic heterocycles. The van der Waals surface area contributed by atoms with Gasteiger partial charge in [-0.05, 0) is 40.8 Å². The maximum absolute atomic E-state index is 12.2. The first kappa shape index (κ1) is 13.6. The Labute approximate surface area is 123 Å². The summed E-state index contributed by atoms with van der Waals surface area (Å²) in [6.45, 7) is 3.96. The molecule has 2 rings (SSSR count). The lowest BCUT2D eigenvalue weighted by Crippen LogP contribution is -2.39. The van der Waals surface area contributed by atoms with Crippen molar-refractivity contribution in [2.24, 2.45) is 5.92 Å². The number of hydrogen-bond acceptors (Lipinski definition) is 2. The molecular formula is C12H15Br2NOS. The SMILES string of the molecule is CC(Br)C1CCN(C(=O)c2csc(Br)c2)CC1. The molecule has 1 aliphatic heterocycles. The molecule has 1 saturated heterocycles. The highest BCUT2D eigenvalue weighted by molar-refractivity contribution is 9.11. The van der Waals surface area contributed by atoms with Crippen molar-refractivity contribution in [2.45, 2.75) is 24.6 Å². The zero-order valence-electron chi connectivity index (χ0n) is 9.66. The van der Waals surface area contributed by atoms with Crippen molar-refractivity contribution in [3.8, 4) is 0 Å². The average molecular weight is 381 g/mol. The third-order valence-electron chi connectivity index (χ3n) is 3.29. The highest BCUT2D eigenvalue weighted by Crippen LogP contribution is 2.27. The highest BCUT2D eigenvalue weighted by Gasteiger charge is 2.26. The topological polar surface area (TPSA) is 20.3 Å². The molecule has 0 spiro atoms. The number of piperidine rings is 1. The van der Waals surface area contributed by atoms with Gasteiger partial charge in [-0.3, -0.25) is 4.79 Å². The van der Waals surface area contributed by atoms with Gasteiger partial charge in [0, 0.05) is 23.3 Å². The van der Waals surface area contributed by atoms with E-state index in [1.807, 2.05) is 16.3 Å². The van der Waals surface area contributed by atoms with Gasteiger partial charge < -0.3 is 4.90 Å². The Morgan fingerprint density at radius 2 is 2.18 bits per heavy atom. The maximum atomic E-state index is 12.2. The number of thiophene rings is 1. The molecule has 0 saturated carbocycles. The Bertz CT molecular complexity index is 397. The van der Waals surface area contributed by atoms with Gasteiger partial charge in [-0.2, -0.15) is 0 Å². The van der Waals surface area contributed by atoms with Gasteiger partial charge in [0.05, 0.1) is 9.35 Å². The van der Waals surface area contributed by atoms with Crippen molar-refractivity contribution in [1.29, 1.82) is 0 Å². The number of hydrogen-bond donors (Lipinski definition) is 0. The van der Waals surface area contributed by atoms with Crippen LogP contribution in [0.2, 0.25) is 0 Å². The van der Waals surface area contributed by atoms with E-state index in [1.165, 1.54) is 0 Å². The molecule has 0 N–H and O–H groups in total. The van der Waals surface area contributed by atoms with Crippen molar-refractivity contribution in [3.63, 3.8) is 0 Å². The quantitative estimate of drug-likeness (QED) is 0.706. The normalized spacial score (nSPS) is 19.4. The number of nitrogens with zero attached hydrogens (tertiary/aromatic N) is 1. The van der Waals surface area contributed by atoms with E-state index in [0.717, 1.165) is 35.3 Å². The number of halogens is 2. The second-order valence-electron chi connectivity index (χ2n) is 4.45. The van der Waals surface area contributed by atoms with Crippen LogP contribution in [0.4, 0.5) is 0 Å². The minimum Gasteiger partial charge on any atom is -0.339 e. The second-order valence-corrected chi connectivity index (χ2v) is 8.18. The van der Waals surface area contributed by atoms with Gasteiger partial charge in [0.25, 0.3) is 5.91 Å². The molecule has 1 fully saturated rings. The molecule has 1 aromatic rings. The number of carbonyl (C=O) groups excluding carboxylic acids is 1. The second kappa shape index (κ2) is 5.85. The van der Waals surface area contributed by atoms with Gasteiger partial charge in [0.15, 0.2) is 0 Å². The van der Waals surface area contributed by atoms with Crippen LogP contribution in [-0.2, 0) is 0 Å². The van der Waals surface area contributed by atoms with Crippen molar-refractivity contribution in [3.05, 3.63) is 20.8 Å². The summed E-state index contributed by atoms with van der Waals surface area (Å²) >= 11 is 8.59. The van der Waals surface area contributed by atoms with Crippen molar-refractivity contribution in [1.82, 2.24) is 4.90 Å². The minimum absolute atomic E-state index is 0.174. The number of carbonyl (C=O) groups is 1. The van der Waals surface area contributed by atoms with Crippen molar-refractivity contribution < 1.29 is 4.79 Å². The van der Waals surface area contributed by atoms with Crippen LogP contribution >= 0.6 is 43.2 Å². The molecular weight excluding hydrogens is 366 g/mol. The Balaban J connectivity index is 1.95. The first-order valence-electron chi connectivity index (χ1n) is 5.75. The fourth-order valence-electron chi connectivity index (χ4n) is 2.17. The summed E-state index contributed by atoms with van der Waals surface area (Å²) in [7, 11) is 0. The largest absolute Gasteiger partial charge is 0.339 e. The molecule has 94 valence electrons. The molecule has 1 unspecified atom stereocenters. The van der Waals surface area contributed by atoms with E-state index in [2.05, 4.69) is 38.8 Å². The Kier molecular flexibility index (Phi) is 4.66. The Morgan fingerprint density at radius 3 is 2.65 bits per heavy atom. The van der Waals surface area contributed by atoms with Crippen LogP contribution in [-0.4, -0.2) is 28.7 Å². The standard InChI is InChI=1S/C12H15Br2NOS/c1-8(13)9-2-4-15(5-3-9)12(16)10-6-11(14)17-7-10/h6-9H,2-5H2,1H3. The molecule has 0 bridgehead atoms. The van der Waals surface area contributed by atoms with Crippen LogP contribution in [0.25, 0.3) is 0 Å². The van der Waals surface area contributed by atoms with Crippen molar-refractivity contribution in [2.75, 3.05) is 13.1 Å². The third-order valence-corrected chi connectivity index (χ3v) is 5.54. The molecule has 2 nitrogen and oxygen atoms in total. The van der Waals surface area contributed by atoms with Gasteiger partial charge in [-0.15, -0.1) is 11.3 Å². The predicted octanol–water partition coefficient (Wildman–Crippen LogP) is 4.15. The molecule has 2 heterocycles. The van der Waals surface area contributed by atoms with Crippen LogP contribution in [0.1, 0.15) is 30.1 Å². The summed E-state index contributed by atoms with van der Waals surface area (Å²) in [6, 6.07) is 1.91. The maximum Gasteiger partial charge on any atom is 0.254 e. The fourth-order valence-corrected chi connectivity index (χ4v) is 3.83. The molecule has 0 aliphatic carbocycles. The van der Waals surface area contributed by atoms with E-state index < -0.39 is 0 Å². The average Bonchev–Trinajstić information content (AvgIpc) is 2.75. The van der Waals surface area contributed by atoms with Crippen LogP contribution in [0.15, 0.2) is 15.2 Å². The summed E-state index contributed by atoms with van der Waals surface area (Å²) in [4.78, 5) is 14.7. The van der Waals surface area contributed by atoms with Gasteiger partial charge in [-0.1, -0.05) is 22.9 Å². The minimum atomic E-state index is 0.174. The first-order chi connectivity index (χ1) is 8.08. The summed E-state index contributed by atoms with van der Waals surface area (Å²) in [5, 5.41) is 1.92. The molecule has 1 atom stereocenters. The van der Waals surface area contributed by atoms with E-state index in [1.54, 1.807) is 11.3 Å². The molecule has 0 radical (unpaired) electrons. The molecule has 5 heteroatoms. The summed E-state index contributed by atoms with van der Waals surface area (Å²) in [6.07, 6.45) is 2.20. The van der Waals surface area contributed by atoms with Crippen molar-refractivity contribution >= 4 is 49.1 Å². The zero-order valence-corrected chi connectivity index (χ0v) is 13.6. The third kappa shape index (κ3) is 3.32. The van der Waals surface area contributed by atoms with E-state index in [-0.39, 0.29) is 5.91 Å². The predicted molar refractivity (Wildman–Crippen MR) is 79.0 cm³/mol. The Hall–Kier alpha value is 0.130. The summed E-state index contributed by atoms with van der Waals surface area (Å²) in [5.41, 5.74) is 0.812. The van der Waals surface area contributed by atoms with E-state index in [0.29, 0.717) is 10.7 Å². The van der Waals surface area contributed by atoms with Gasteiger partial charge in [0.1, 0.15) is 0 Å². The molecule has 1 aliphatic rings. The van der Waals surface area contributed by atoms with E-state index in [9.17, 15) is 4.79 Å². The Morgan fingerprint density at radius 1 is 1.53 bits per heavy atom. The molecule has 1 amide bonds. The molecule has 17 heavy (non-hydrogen) atoms. The van der Waals surface area contributed by atoms with Gasteiger partial charge in [-0.25, -0.2) is 0 Å². The van der Waals surface area contributed by atoms with Gasteiger partial charge in [0.2, 0.25) is 0 Å². The number of alkyl halides is 1. The summed E-state index contributed by atoms with van der Waals surface area (Å²) in [5.74, 6) is 0.876. The zero-order chi connectivity index (χ0) is 12.4. The van der Waals surface area contributed by atoms with Gasteiger partial charge >= 0.3 is 0 Å². The van der Waals surface area contributed by atoms with Crippen LogP contribution in [0.3, 0.4) is 0 Å². The van der Waals surface area contributed by atoms with Crippen LogP contribution in [0, 0.1) is 5.92 Å².